The summed E-state index contributed by atoms with van der Waals surface area (Å²) < 4.78 is 1.41. The number of aromatic nitrogens is 2. The van der Waals surface area contributed by atoms with Crippen LogP contribution in [0.1, 0.15) is 5.56 Å². The standard InChI is InChI=1S/C20H20N4O3/c1-22(16-6-4-3-5-7-16)20(27)23(2)17-10-8-15(9-11-17)14-24-13-12-18(25)21-19(24)26/h3-13H,14H2,1-2H3,(H,21,25,26). The third-order valence-electron chi connectivity index (χ3n) is 4.29. The second kappa shape index (κ2) is 7.74. The zero-order chi connectivity index (χ0) is 19.4. The third kappa shape index (κ3) is 4.14. The molecule has 0 aliphatic carbocycles. The summed E-state index contributed by atoms with van der Waals surface area (Å²) in [5.41, 5.74) is 1.55. The van der Waals surface area contributed by atoms with Crippen molar-refractivity contribution in [2.24, 2.45) is 0 Å². The van der Waals surface area contributed by atoms with Gasteiger partial charge in [0.25, 0.3) is 5.56 Å². The normalized spacial score (nSPS) is 10.4. The number of anilines is 2. The molecular weight excluding hydrogens is 344 g/mol. The molecule has 7 nitrogen and oxygen atoms in total. The van der Waals surface area contributed by atoms with Crippen LogP contribution in [0.5, 0.6) is 0 Å². The number of hydrogen-bond donors (Lipinski definition) is 1. The quantitative estimate of drug-likeness (QED) is 0.771. The molecular formula is C20H20N4O3. The Kier molecular flexibility index (Phi) is 5.21. The minimum absolute atomic E-state index is 0.161. The molecule has 3 aromatic rings. The van der Waals surface area contributed by atoms with Crippen LogP contribution in [0, 0.1) is 0 Å². The van der Waals surface area contributed by atoms with Crippen LogP contribution < -0.4 is 21.0 Å². The number of para-hydroxylation sites is 1. The van der Waals surface area contributed by atoms with Gasteiger partial charge in [0.15, 0.2) is 0 Å². The minimum atomic E-state index is -0.455. The van der Waals surface area contributed by atoms with E-state index in [4.69, 9.17) is 0 Å². The van der Waals surface area contributed by atoms with E-state index in [1.165, 1.54) is 16.8 Å². The first-order chi connectivity index (χ1) is 13.0. The molecule has 138 valence electrons. The van der Waals surface area contributed by atoms with Gasteiger partial charge >= 0.3 is 11.7 Å². The molecule has 0 aliphatic heterocycles. The SMILES string of the molecule is CN(C(=O)N(C)c1ccc(Cn2ccc(=O)[nH]c2=O)cc1)c1ccccc1. The highest BCUT2D eigenvalue weighted by molar-refractivity contribution is 6.02. The van der Waals surface area contributed by atoms with Crippen molar-refractivity contribution in [1.82, 2.24) is 9.55 Å². The van der Waals surface area contributed by atoms with Gasteiger partial charge in [0.1, 0.15) is 0 Å². The van der Waals surface area contributed by atoms with E-state index in [9.17, 15) is 14.4 Å². The topological polar surface area (TPSA) is 78.4 Å². The zero-order valence-electron chi connectivity index (χ0n) is 15.1. The van der Waals surface area contributed by atoms with Crippen LogP contribution in [0.2, 0.25) is 0 Å². The lowest BCUT2D eigenvalue weighted by molar-refractivity contribution is 0.253. The van der Waals surface area contributed by atoms with Crippen LogP contribution in [0.15, 0.2) is 76.4 Å². The Balaban J connectivity index is 1.73. The number of hydrogen-bond acceptors (Lipinski definition) is 3. The third-order valence-corrected chi connectivity index (χ3v) is 4.29. The minimum Gasteiger partial charge on any atom is -0.297 e. The van der Waals surface area contributed by atoms with E-state index in [1.54, 1.807) is 23.9 Å². The van der Waals surface area contributed by atoms with Gasteiger partial charge in [-0.1, -0.05) is 30.3 Å². The number of amides is 2. The Morgan fingerprint density at radius 1 is 0.889 bits per heavy atom. The first-order valence-corrected chi connectivity index (χ1v) is 8.41. The number of nitrogens with zero attached hydrogens (tertiary/aromatic N) is 3. The number of urea groups is 1. The highest BCUT2D eigenvalue weighted by atomic mass is 16.2. The molecule has 0 aliphatic rings. The summed E-state index contributed by atoms with van der Waals surface area (Å²) in [6.45, 7) is 0.331. The molecule has 0 fully saturated rings. The summed E-state index contributed by atoms with van der Waals surface area (Å²) in [4.78, 5) is 40.9. The Morgan fingerprint density at radius 2 is 1.48 bits per heavy atom. The predicted molar refractivity (Wildman–Crippen MR) is 106 cm³/mol. The molecule has 0 bridgehead atoms. The maximum atomic E-state index is 12.7. The first kappa shape index (κ1) is 18.2. The van der Waals surface area contributed by atoms with Gasteiger partial charge in [0, 0.05) is 37.7 Å². The number of carbonyl (C=O) groups excluding carboxylic acids is 1. The Morgan fingerprint density at radius 3 is 2.07 bits per heavy atom. The van der Waals surface area contributed by atoms with Crippen LogP contribution in [0.4, 0.5) is 16.2 Å². The summed E-state index contributed by atoms with van der Waals surface area (Å²) in [6.07, 6.45) is 1.46. The molecule has 2 aromatic carbocycles. The molecule has 2 amide bonds. The van der Waals surface area contributed by atoms with Crippen molar-refractivity contribution in [2.45, 2.75) is 6.54 Å². The van der Waals surface area contributed by atoms with Gasteiger partial charge in [-0.3, -0.25) is 24.1 Å². The van der Waals surface area contributed by atoms with Gasteiger partial charge in [-0.2, -0.15) is 0 Å². The molecule has 0 saturated heterocycles. The van der Waals surface area contributed by atoms with Gasteiger partial charge in [-0.25, -0.2) is 9.59 Å². The van der Waals surface area contributed by atoms with Crippen molar-refractivity contribution in [1.29, 1.82) is 0 Å². The summed E-state index contributed by atoms with van der Waals surface area (Å²) in [7, 11) is 3.44. The van der Waals surface area contributed by atoms with Crippen LogP contribution in [0.25, 0.3) is 0 Å². The second-order valence-corrected chi connectivity index (χ2v) is 6.14. The first-order valence-electron chi connectivity index (χ1n) is 8.41. The molecule has 27 heavy (non-hydrogen) atoms. The molecule has 1 N–H and O–H groups in total. The lowest BCUT2D eigenvalue weighted by atomic mass is 10.2. The second-order valence-electron chi connectivity index (χ2n) is 6.14. The van der Waals surface area contributed by atoms with Crippen LogP contribution in [0.3, 0.4) is 0 Å². The average Bonchev–Trinajstić information content (AvgIpc) is 2.69. The molecule has 1 heterocycles. The van der Waals surface area contributed by atoms with E-state index in [1.807, 2.05) is 54.6 Å². The fourth-order valence-corrected chi connectivity index (χ4v) is 2.69. The van der Waals surface area contributed by atoms with E-state index in [-0.39, 0.29) is 6.03 Å². The summed E-state index contributed by atoms with van der Waals surface area (Å²) in [6, 6.07) is 17.9. The van der Waals surface area contributed by atoms with Gasteiger partial charge in [0.2, 0.25) is 0 Å². The Bertz CT molecular complexity index is 1040. The Hall–Kier alpha value is -3.61. The van der Waals surface area contributed by atoms with Crippen molar-refractivity contribution in [3.05, 3.63) is 93.3 Å². The average molecular weight is 364 g/mol. The number of aromatic amines is 1. The fraction of sp³-hybridized carbons (Fsp3) is 0.150. The molecule has 0 radical (unpaired) electrons. The van der Waals surface area contributed by atoms with Crippen LogP contribution >= 0.6 is 0 Å². The number of nitrogens with one attached hydrogen (secondary N) is 1. The maximum Gasteiger partial charge on any atom is 0.328 e. The van der Waals surface area contributed by atoms with Crippen molar-refractivity contribution in [2.75, 3.05) is 23.9 Å². The number of rotatable bonds is 4. The lowest BCUT2D eigenvalue weighted by Crippen LogP contribution is -2.38. The van der Waals surface area contributed by atoms with Crippen molar-refractivity contribution < 1.29 is 4.79 Å². The molecule has 0 unspecified atom stereocenters. The van der Waals surface area contributed by atoms with Crippen LogP contribution in [-0.2, 0) is 6.54 Å². The molecule has 1 aromatic heterocycles. The van der Waals surface area contributed by atoms with Gasteiger partial charge in [0.05, 0.1) is 6.54 Å². The van der Waals surface area contributed by atoms with Crippen molar-refractivity contribution >= 4 is 17.4 Å². The van der Waals surface area contributed by atoms with E-state index < -0.39 is 11.2 Å². The summed E-state index contributed by atoms with van der Waals surface area (Å²) >= 11 is 0. The molecule has 0 spiro atoms. The van der Waals surface area contributed by atoms with E-state index in [0.29, 0.717) is 6.54 Å². The van der Waals surface area contributed by atoms with Crippen molar-refractivity contribution in [3.63, 3.8) is 0 Å². The number of carbonyl (C=O) groups is 1. The predicted octanol–water partition coefficient (Wildman–Crippen LogP) is 2.28. The highest BCUT2D eigenvalue weighted by Crippen LogP contribution is 2.19. The zero-order valence-corrected chi connectivity index (χ0v) is 15.1. The molecule has 3 rings (SSSR count). The molecule has 7 heteroatoms. The van der Waals surface area contributed by atoms with E-state index >= 15 is 0 Å². The highest BCUT2D eigenvalue weighted by Gasteiger charge is 2.17. The molecule has 0 saturated carbocycles. The summed E-state index contributed by atoms with van der Waals surface area (Å²) in [5, 5.41) is 0. The smallest absolute Gasteiger partial charge is 0.297 e. The maximum absolute atomic E-state index is 12.7. The fourth-order valence-electron chi connectivity index (χ4n) is 2.69. The van der Waals surface area contributed by atoms with Crippen molar-refractivity contribution in [3.8, 4) is 0 Å². The monoisotopic (exact) mass is 364 g/mol. The molecule has 0 atom stereocenters. The number of benzene rings is 2. The van der Waals surface area contributed by atoms with E-state index in [2.05, 4.69) is 4.98 Å². The van der Waals surface area contributed by atoms with Crippen LogP contribution in [-0.4, -0.2) is 29.7 Å². The number of H-pyrrole nitrogens is 1. The summed E-state index contributed by atoms with van der Waals surface area (Å²) in [5.74, 6) is 0. The van der Waals surface area contributed by atoms with Gasteiger partial charge < -0.3 is 0 Å². The van der Waals surface area contributed by atoms with E-state index in [0.717, 1.165) is 16.9 Å². The van der Waals surface area contributed by atoms with Gasteiger partial charge in [-0.15, -0.1) is 0 Å². The largest absolute Gasteiger partial charge is 0.328 e. The lowest BCUT2D eigenvalue weighted by Gasteiger charge is -2.25. The Labute approximate surface area is 156 Å². The van der Waals surface area contributed by atoms with Gasteiger partial charge in [-0.05, 0) is 29.8 Å².